The van der Waals surface area contributed by atoms with E-state index in [1.54, 1.807) is 13.0 Å². The molecule has 0 amide bonds. The van der Waals surface area contributed by atoms with Gasteiger partial charge >= 0.3 is 0 Å². The summed E-state index contributed by atoms with van der Waals surface area (Å²) in [6.45, 7) is 4.00. The Morgan fingerprint density at radius 1 is 1.38 bits per heavy atom. The van der Waals surface area contributed by atoms with Crippen LogP contribution in [0.1, 0.15) is 51.0 Å². The highest BCUT2D eigenvalue weighted by molar-refractivity contribution is 9.10. The number of rotatable bonds is 5. The number of nitro benzene ring substituents is 1. The van der Waals surface area contributed by atoms with Crippen LogP contribution in [0, 0.1) is 23.0 Å². The standard InChI is InChI=1S/C16H23BrN2O2/c1-3-14(12-7-5-4-6-8-12)18-15-9-11(2)16(19(20)21)10-13(15)17/h9-10,12,14,18H,3-8H2,1-2H3. The van der Waals surface area contributed by atoms with Gasteiger partial charge in [0, 0.05) is 27.8 Å². The molecule has 116 valence electrons. The molecule has 21 heavy (non-hydrogen) atoms. The predicted octanol–water partition coefficient (Wildman–Crippen LogP) is 5.44. The van der Waals surface area contributed by atoms with Gasteiger partial charge in [0.05, 0.1) is 4.92 Å². The Morgan fingerprint density at radius 3 is 2.62 bits per heavy atom. The van der Waals surface area contributed by atoms with Crippen molar-refractivity contribution in [3.8, 4) is 0 Å². The zero-order valence-electron chi connectivity index (χ0n) is 12.7. The molecule has 1 aromatic carbocycles. The predicted molar refractivity (Wildman–Crippen MR) is 89.8 cm³/mol. The van der Waals surface area contributed by atoms with E-state index in [9.17, 15) is 10.1 Å². The molecule has 1 aromatic rings. The highest BCUT2D eigenvalue weighted by Crippen LogP contribution is 2.34. The van der Waals surface area contributed by atoms with Crippen LogP contribution in [0.3, 0.4) is 0 Å². The maximum atomic E-state index is 11.0. The van der Waals surface area contributed by atoms with Gasteiger partial charge in [0.2, 0.25) is 0 Å². The van der Waals surface area contributed by atoms with Crippen molar-refractivity contribution in [2.24, 2.45) is 5.92 Å². The summed E-state index contributed by atoms with van der Waals surface area (Å²) < 4.78 is 0.772. The Hall–Kier alpha value is -1.10. The number of benzene rings is 1. The van der Waals surface area contributed by atoms with E-state index in [0.29, 0.717) is 17.5 Å². The van der Waals surface area contributed by atoms with Gasteiger partial charge in [0.15, 0.2) is 0 Å². The molecule has 1 N–H and O–H groups in total. The Kier molecular flexibility index (Phi) is 5.62. The molecule has 0 spiro atoms. The fraction of sp³-hybridized carbons (Fsp3) is 0.625. The number of aryl methyl sites for hydroxylation is 1. The fourth-order valence-electron chi connectivity index (χ4n) is 3.27. The van der Waals surface area contributed by atoms with E-state index >= 15 is 0 Å². The van der Waals surface area contributed by atoms with Gasteiger partial charge < -0.3 is 5.32 Å². The molecule has 1 atom stereocenters. The summed E-state index contributed by atoms with van der Waals surface area (Å²) in [5, 5.41) is 14.6. The van der Waals surface area contributed by atoms with E-state index in [1.165, 1.54) is 32.1 Å². The number of hydrogen-bond acceptors (Lipinski definition) is 3. The van der Waals surface area contributed by atoms with Gasteiger partial charge in [-0.15, -0.1) is 0 Å². The third-order valence-electron chi connectivity index (χ3n) is 4.48. The minimum absolute atomic E-state index is 0.165. The number of nitro groups is 1. The molecule has 0 bridgehead atoms. The van der Waals surface area contributed by atoms with Crippen LogP contribution in [0.2, 0.25) is 0 Å². The minimum Gasteiger partial charge on any atom is -0.381 e. The van der Waals surface area contributed by atoms with Gasteiger partial charge in [-0.3, -0.25) is 10.1 Å². The molecule has 2 rings (SSSR count). The summed E-state index contributed by atoms with van der Waals surface area (Å²) in [6, 6.07) is 3.93. The number of anilines is 1. The number of nitrogens with one attached hydrogen (secondary N) is 1. The second-order valence-corrected chi connectivity index (χ2v) is 6.79. The summed E-state index contributed by atoms with van der Waals surface area (Å²) in [4.78, 5) is 10.6. The van der Waals surface area contributed by atoms with Gasteiger partial charge in [-0.25, -0.2) is 0 Å². The molecule has 1 aliphatic carbocycles. The monoisotopic (exact) mass is 354 g/mol. The molecule has 0 aromatic heterocycles. The van der Waals surface area contributed by atoms with E-state index in [1.807, 2.05) is 6.07 Å². The van der Waals surface area contributed by atoms with E-state index in [2.05, 4.69) is 28.2 Å². The first-order valence-electron chi connectivity index (χ1n) is 7.74. The largest absolute Gasteiger partial charge is 0.381 e. The smallest absolute Gasteiger partial charge is 0.273 e. The first kappa shape index (κ1) is 16.3. The lowest BCUT2D eigenvalue weighted by Gasteiger charge is -2.31. The summed E-state index contributed by atoms with van der Waals surface area (Å²) in [5.74, 6) is 0.714. The number of nitrogens with zero attached hydrogens (tertiary/aromatic N) is 1. The molecular formula is C16H23BrN2O2. The second kappa shape index (κ2) is 7.25. The SMILES string of the molecule is CCC(Nc1cc(C)c([N+](=O)[O-])cc1Br)C1CCCCC1. The van der Waals surface area contributed by atoms with Crippen molar-refractivity contribution in [2.45, 2.75) is 58.4 Å². The quantitative estimate of drug-likeness (QED) is 0.565. The molecule has 0 aliphatic heterocycles. The van der Waals surface area contributed by atoms with Gasteiger partial charge in [0.1, 0.15) is 0 Å². The Morgan fingerprint density at radius 2 is 2.05 bits per heavy atom. The highest BCUT2D eigenvalue weighted by Gasteiger charge is 2.23. The maximum absolute atomic E-state index is 11.0. The summed E-state index contributed by atoms with van der Waals surface area (Å²) >= 11 is 3.46. The third-order valence-corrected chi connectivity index (χ3v) is 5.14. The van der Waals surface area contributed by atoms with Crippen molar-refractivity contribution in [1.29, 1.82) is 0 Å². The van der Waals surface area contributed by atoms with E-state index in [-0.39, 0.29) is 10.6 Å². The molecule has 1 saturated carbocycles. The molecule has 1 fully saturated rings. The van der Waals surface area contributed by atoms with Gasteiger partial charge in [-0.2, -0.15) is 0 Å². The lowest BCUT2D eigenvalue weighted by atomic mass is 9.83. The van der Waals surface area contributed by atoms with E-state index < -0.39 is 0 Å². The summed E-state index contributed by atoms with van der Waals surface area (Å²) in [5.41, 5.74) is 1.83. The van der Waals surface area contributed by atoms with Gasteiger partial charge in [-0.05, 0) is 54.1 Å². The van der Waals surface area contributed by atoms with Crippen LogP contribution in [0.5, 0.6) is 0 Å². The lowest BCUT2D eigenvalue weighted by molar-refractivity contribution is -0.385. The third kappa shape index (κ3) is 3.96. The van der Waals surface area contributed by atoms with Crippen LogP contribution < -0.4 is 5.32 Å². The van der Waals surface area contributed by atoms with Gasteiger partial charge in [0.25, 0.3) is 5.69 Å². The van der Waals surface area contributed by atoms with E-state index in [4.69, 9.17) is 0 Å². The summed E-state index contributed by atoms with van der Waals surface area (Å²) in [7, 11) is 0. The van der Waals surface area contributed by atoms with Crippen LogP contribution in [-0.2, 0) is 0 Å². The zero-order chi connectivity index (χ0) is 15.4. The van der Waals surface area contributed by atoms with Crippen molar-refractivity contribution < 1.29 is 4.92 Å². The van der Waals surface area contributed by atoms with Crippen molar-refractivity contribution in [3.63, 3.8) is 0 Å². The van der Waals surface area contributed by atoms with Crippen molar-refractivity contribution in [2.75, 3.05) is 5.32 Å². The van der Waals surface area contributed by atoms with E-state index in [0.717, 1.165) is 16.6 Å². The van der Waals surface area contributed by atoms with Crippen LogP contribution in [0.25, 0.3) is 0 Å². The van der Waals surface area contributed by atoms with Crippen LogP contribution in [0.15, 0.2) is 16.6 Å². The minimum atomic E-state index is -0.331. The molecule has 4 nitrogen and oxygen atoms in total. The Labute approximate surface area is 134 Å². The van der Waals surface area contributed by atoms with Crippen LogP contribution >= 0.6 is 15.9 Å². The highest BCUT2D eigenvalue weighted by atomic mass is 79.9. The molecule has 1 aliphatic rings. The lowest BCUT2D eigenvalue weighted by Crippen LogP contribution is -2.30. The normalized spacial score (nSPS) is 17.5. The van der Waals surface area contributed by atoms with Crippen molar-refractivity contribution >= 4 is 27.3 Å². The van der Waals surface area contributed by atoms with Crippen LogP contribution in [0.4, 0.5) is 11.4 Å². The van der Waals surface area contributed by atoms with Crippen LogP contribution in [-0.4, -0.2) is 11.0 Å². The Bertz CT molecular complexity index is 513. The maximum Gasteiger partial charge on any atom is 0.273 e. The molecule has 1 unspecified atom stereocenters. The first-order valence-corrected chi connectivity index (χ1v) is 8.53. The topological polar surface area (TPSA) is 55.2 Å². The molecule has 5 heteroatoms. The summed E-state index contributed by atoms with van der Waals surface area (Å²) in [6.07, 6.45) is 7.65. The Balaban J connectivity index is 2.17. The molecule has 0 radical (unpaired) electrons. The average molecular weight is 355 g/mol. The van der Waals surface area contributed by atoms with Crippen molar-refractivity contribution in [1.82, 2.24) is 0 Å². The molecule has 0 heterocycles. The molecular weight excluding hydrogens is 332 g/mol. The van der Waals surface area contributed by atoms with Gasteiger partial charge in [-0.1, -0.05) is 26.2 Å². The fourth-order valence-corrected chi connectivity index (χ4v) is 3.71. The number of hydrogen-bond donors (Lipinski definition) is 1. The zero-order valence-corrected chi connectivity index (χ0v) is 14.3. The first-order chi connectivity index (χ1) is 10.0. The second-order valence-electron chi connectivity index (χ2n) is 5.93. The number of halogens is 1. The molecule has 0 saturated heterocycles. The average Bonchev–Trinajstić information content (AvgIpc) is 2.48. The van der Waals surface area contributed by atoms with Crippen molar-refractivity contribution in [3.05, 3.63) is 32.3 Å².